The Bertz CT molecular complexity index is 1370. The fourth-order valence-electron chi connectivity index (χ4n) is 6.98. The zero-order valence-corrected chi connectivity index (χ0v) is 42.7. The Hall–Kier alpha value is -3.93. The van der Waals surface area contributed by atoms with E-state index in [4.69, 9.17) is 14.2 Å². The van der Waals surface area contributed by atoms with Crippen LogP contribution in [0.15, 0.2) is 109 Å². The van der Waals surface area contributed by atoms with Gasteiger partial charge in [-0.2, -0.15) is 0 Å². The number of allylic oxidation sites excluding steroid dienone is 18. The maximum Gasteiger partial charge on any atom is 0.306 e. The molecular formula is C60H98O6. The van der Waals surface area contributed by atoms with Gasteiger partial charge < -0.3 is 14.2 Å². The molecule has 0 spiro atoms. The molecule has 0 aromatic rings. The molecule has 0 heterocycles. The first-order chi connectivity index (χ1) is 32.5. The summed E-state index contributed by atoms with van der Waals surface area (Å²) in [6.45, 7) is 6.40. The van der Waals surface area contributed by atoms with Crippen molar-refractivity contribution < 1.29 is 28.6 Å². The van der Waals surface area contributed by atoms with Crippen LogP contribution in [0.25, 0.3) is 0 Å². The summed E-state index contributed by atoms with van der Waals surface area (Å²) in [7, 11) is 0. The van der Waals surface area contributed by atoms with Crippen LogP contribution >= 0.6 is 0 Å². The van der Waals surface area contributed by atoms with Gasteiger partial charge in [-0.1, -0.05) is 214 Å². The topological polar surface area (TPSA) is 78.9 Å². The molecule has 66 heavy (non-hydrogen) atoms. The average molecular weight is 915 g/mol. The fraction of sp³-hybridized carbons (Fsp3) is 0.650. The van der Waals surface area contributed by atoms with Crippen LogP contribution in [0.5, 0.6) is 0 Å². The number of hydrogen-bond acceptors (Lipinski definition) is 6. The predicted molar refractivity (Wildman–Crippen MR) is 283 cm³/mol. The number of ether oxygens (including phenoxy) is 3. The Morgan fingerprint density at radius 1 is 0.318 bits per heavy atom. The van der Waals surface area contributed by atoms with Crippen molar-refractivity contribution in [2.45, 2.75) is 239 Å². The first-order valence-corrected chi connectivity index (χ1v) is 26.9. The smallest absolute Gasteiger partial charge is 0.306 e. The van der Waals surface area contributed by atoms with E-state index in [1.807, 2.05) is 0 Å². The minimum absolute atomic E-state index is 0.0907. The van der Waals surface area contributed by atoms with Gasteiger partial charge in [0.25, 0.3) is 0 Å². The van der Waals surface area contributed by atoms with E-state index in [0.717, 1.165) is 135 Å². The summed E-state index contributed by atoms with van der Waals surface area (Å²) in [6.07, 6.45) is 72.5. The van der Waals surface area contributed by atoms with Gasteiger partial charge in [0.1, 0.15) is 13.2 Å². The molecule has 0 fully saturated rings. The Labute approximate surface area is 406 Å². The van der Waals surface area contributed by atoms with Gasteiger partial charge in [0.05, 0.1) is 0 Å². The first kappa shape index (κ1) is 62.1. The van der Waals surface area contributed by atoms with Gasteiger partial charge >= 0.3 is 17.9 Å². The van der Waals surface area contributed by atoms with E-state index in [-0.39, 0.29) is 31.1 Å². The zero-order chi connectivity index (χ0) is 47.9. The summed E-state index contributed by atoms with van der Waals surface area (Å²) in [5, 5.41) is 0. The molecule has 374 valence electrons. The molecule has 0 radical (unpaired) electrons. The molecule has 0 aliphatic rings. The van der Waals surface area contributed by atoms with Crippen LogP contribution in [0.3, 0.4) is 0 Å². The number of carbonyl (C=O) groups excluding carboxylic acids is 3. The zero-order valence-electron chi connectivity index (χ0n) is 42.7. The molecule has 0 aliphatic carbocycles. The molecule has 0 bridgehead atoms. The van der Waals surface area contributed by atoms with E-state index in [1.54, 1.807) is 0 Å². The standard InChI is InChI=1S/C60H98O6/c1-4-7-10-13-16-18-20-22-23-24-25-26-27-28-29-30-31-32-33-34-35-36-37-39-40-42-44-47-50-53-59(62)65-56-57(55-64-58(61)52-49-46-15-12-9-6-3)66-60(63)54-51-48-45-43-41-38-21-19-17-14-11-8-5-2/h7,10,16,18-19,21-23,25-26,28-29,31-32,34-35,37,39,57H,4-6,8-9,11-15,17,20,24,27,30,33,36,38,40-56H2,1-3H3/b10-7-,18-16-,21-19-,23-22-,26-25-,29-28-,32-31-,35-34-,39-37-. The Balaban J connectivity index is 4.22. The van der Waals surface area contributed by atoms with Crippen molar-refractivity contribution >= 4 is 17.9 Å². The molecule has 6 nitrogen and oxygen atoms in total. The van der Waals surface area contributed by atoms with Crippen LogP contribution in [0, 0.1) is 0 Å². The van der Waals surface area contributed by atoms with E-state index in [9.17, 15) is 14.4 Å². The van der Waals surface area contributed by atoms with Crippen LogP contribution in [-0.4, -0.2) is 37.2 Å². The predicted octanol–water partition coefficient (Wildman–Crippen LogP) is 17.9. The number of unbranched alkanes of at least 4 members (excludes halogenated alkanes) is 18. The third-order valence-corrected chi connectivity index (χ3v) is 11.0. The van der Waals surface area contributed by atoms with Crippen molar-refractivity contribution in [3.05, 3.63) is 109 Å². The lowest BCUT2D eigenvalue weighted by molar-refractivity contribution is -0.167. The second-order valence-corrected chi connectivity index (χ2v) is 17.4. The molecule has 0 aromatic heterocycles. The van der Waals surface area contributed by atoms with Crippen molar-refractivity contribution in [2.24, 2.45) is 0 Å². The maximum atomic E-state index is 12.7. The highest BCUT2D eigenvalue weighted by atomic mass is 16.6. The van der Waals surface area contributed by atoms with Crippen molar-refractivity contribution in [2.75, 3.05) is 13.2 Å². The van der Waals surface area contributed by atoms with Crippen molar-refractivity contribution in [1.29, 1.82) is 0 Å². The normalized spacial score (nSPS) is 13.0. The van der Waals surface area contributed by atoms with Gasteiger partial charge in [0.15, 0.2) is 6.10 Å². The lowest BCUT2D eigenvalue weighted by atomic mass is 10.1. The van der Waals surface area contributed by atoms with E-state index < -0.39 is 6.10 Å². The maximum absolute atomic E-state index is 12.7. The van der Waals surface area contributed by atoms with Crippen LogP contribution in [0.4, 0.5) is 0 Å². The van der Waals surface area contributed by atoms with Crippen LogP contribution in [-0.2, 0) is 28.6 Å². The van der Waals surface area contributed by atoms with E-state index in [1.165, 1.54) is 57.8 Å². The molecule has 6 heteroatoms. The van der Waals surface area contributed by atoms with Crippen molar-refractivity contribution in [3.63, 3.8) is 0 Å². The number of carbonyl (C=O) groups is 3. The summed E-state index contributed by atoms with van der Waals surface area (Å²) in [6, 6.07) is 0. The van der Waals surface area contributed by atoms with Gasteiger partial charge in [0.2, 0.25) is 0 Å². The molecule has 0 rings (SSSR count). The van der Waals surface area contributed by atoms with Crippen LogP contribution in [0.2, 0.25) is 0 Å². The molecular weight excluding hydrogens is 817 g/mol. The molecule has 0 aliphatic heterocycles. The first-order valence-electron chi connectivity index (χ1n) is 26.9. The Morgan fingerprint density at radius 2 is 0.591 bits per heavy atom. The fourth-order valence-corrected chi connectivity index (χ4v) is 6.98. The third-order valence-electron chi connectivity index (χ3n) is 11.0. The average Bonchev–Trinajstić information content (AvgIpc) is 3.31. The van der Waals surface area contributed by atoms with Gasteiger partial charge in [-0.15, -0.1) is 0 Å². The van der Waals surface area contributed by atoms with E-state index in [0.29, 0.717) is 19.3 Å². The van der Waals surface area contributed by atoms with E-state index in [2.05, 4.69) is 130 Å². The largest absolute Gasteiger partial charge is 0.462 e. The Kier molecular flexibility index (Phi) is 50.5. The van der Waals surface area contributed by atoms with Gasteiger partial charge in [-0.3, -0.25) is 14.4 Å². The highest BCUT2D eigenvalue weighted by molar-refractivity contribution is 5.71. The Morgan fingerprint density at radius 3 is 0.955 bits per heavy atom. The molecule has 0 saturated carbocycles. The molecule has 1 unspecified atom stereocenters. The van der Waals surface area contributed by atoms with Crippen molar-refractivity contribution in [3.8, 4) is 0 Å². The number of rotatable bonds is 47. The summed E-state index contributed by atoms with van der Waals surface area (Å²) >= 11 is 0. The SMILES string of the molecule is CC/C=C\C/C=C\C/C=C\C/C=C\C/C=C\C/C=C\C/C=C\C/C=C\CCCCCCC(=O)OCC(COC(=O)CCCCCCCC)OC(=O)CCCCCCC/C=C\CCCCCC. The highest BCUT2D eigenvalue weighted by Gasteiger charge is 2.19. The quantitative estimate of drug-likeness (QED) is 0.0262. The second-order valence-electron chi connectivity index (χ2n) is 17.4. The minimum atomic E-state index is -0.790. The third kappa shape index (κ3) is 51.1. The molecule has 0 N–H and O–H groups in total. The molecule has 0 aromatic carbocycles. The highest BCUT2D eigenvalue weighted by Crippen LogP contribution is 2.13. The monoisotopic (exact) mass is 915 g/mol. The molecule has 0 saturated heterocycles. The summed E-state index contributed by atoms with van der Waals surface area (Å²) in [5.74, 6) is -0.941. The second kappa shape index (κ2) is 53.7. The van der Waals surface area contributed by atoms with Crippen LogP contribution in [0.1, 0.15) is 233 Å². The lowest BCUT2D eigenvalue weighted by Gasteiger charge is -2.18. The summed E-state index contributed by atoms with van der Waals surface area (Å²) in [5.41, 5.74) is 0. The summed E-state index contributed by atoms with van der Waals surface area (Å²) < 4.78 is 16.7. The number of hydrogen-bond donors (Lipinski definition) is 0. The van der Waals surface area contributed by atoms with Crippen molar-refractivity contribution in [1.82, 2.24) is 0 Å². The van der Waals surface area contributed by atoms with Gasteiger partial charge in [-0.25, -0.2) is 0 Å². The molecule has 1 atom stereocenters. The number of esters is 3. The van der Waals surface area contributed by atoms with Crippen LogP contribution < -0.4 is 0 Å². The van der Waals surface area contributed by atoms with Gasteiger partial charge in [0, 0.05) is 19.3 Å². The minimum Gasteiger partial charge on any atom is -0.462 e. The molecule has 0 amide bonds. The van der Waals surface area contributed by atoms with E-state index >= 15 is 0 Å². The lowest BCUT2D eigenvalue weighted by Crippen LogP contribution is -2.30. The summed E-state index contributed by atoms with van der Waals surface area (Å²) in [4.78, 5) is 37.7. The van der Waals surface area contributed by atoms with Gasteiger partial charge in [-0.05, 0) is 109 Å².